The lowest BCUT2D eigenvalue weighted by molar-refractivity contribution is 0.238. The van der Waals surface area contributed by atoms with Crippen molar-refractivity contribution in [2.24, 2.45) is 5.73 Å². The predicted octanol–water partition coefficient (Wildman–Crippen LogP) is -1.50. The van der Waals surface area contributed by atoms with Crippen molar-refractivity contribution in [1.82, 2.24) is 0 Å². The van der Waals surface area contributed by atoms with E-state index in [-0.39, 0.29) is 0 Å². The maximum atomic E-state index is 10.4. The highest BCUT2D eigenvalue weighted by atomic mass is 31.2. The van der Waals surface area contributed by atoms with Crippen LogP contribution in [0.15, 0.2) is 12.2 Å². The summed E-state index contributed by atoms with van der Waals surface area (Å²) in [7, 11) is -9.24. The summed E-state index contributed by atoms with van der Waals surface area (Å²) in [5.74, 6) is -3.80. The van der Waals surface area contributed by atoms with E-state index in [1.54, 1.807) is 0 Å². The largest absolute Gasteiger partial charge is 0.377 e. The van der Waals surface area contributed by atoms with Gasteiger partial charge in [0, 0.05) is 0 Å². The molecule has 0 saturated carbocycles. The van der Waals surface area contributed by atoms with Crippen molar-refractivity contribution in [3.05, 3.63) is 12.2 Å². The molecule has 0 aliphatic heterocycles. The second-order valence-corrected chi connectivity index (χ2v) is 5.95. The number of hydrogen-bond acceptors (Lipinski definition) is 4. The Hall–Kier alpha value is -0.0400. The van der Waals surface area contributed by atoms with Crippen LogP contribution in [0, 0.1) is 0 Å². The molecule has 8 nitrogen and oxygen atoms in total. The van der Waals surface area contributed by atoms with Crippen LogP contribution in [0.25, 0.3) is 0 Å². The van der Waals surface area contributed by atoms with Gasteiger partial charge in [-0.25, -0.2) is 0 Å². The number of hydrogen-bond donors (Lipinski definition) is 6. The smallest absolute Gasteiger partial charge is 0.357 e. The number of aliphatic hydroxyl groups excluding tert-OH is 1. The molecule has 0 amide bonds. The van der Waals surface area contributed by atoms with Crippen molar-refractivity contribution in [2.45, 2.75) is 11.6 Å². The molecule has 0 radical (unpaired) electrons. The van der Waals surface area contributed by atoms with Crippen LogP contribution < -0.4 is 5.73 Å². The lowest BCUT2D eigenvalue weighted by atomic mass is 10.5. The Morgan fingerprint density at radius 1 is 1.00 bits per heavy atom. The first-order valence-corrected chi connectivity index (χ1v) is 6.64. The Bertz CT molecular complexity index is 273. The van der Waals surface area contributed by atoms with Gasteiger partial charge >= 0.3 is 15.2 Å². The second kappa shape index (κ2) is 4.65. The van der Waals surface area contributed by atoms with Gasteiger partial charge in [-0.1, -0.05) is 6.08 Å². The van der Waals surface area contributed by atoms with Gasteiger partial charge < -0.3 is 30.4 Å². The van der Waals surface area contributed by atoms with Crippen molar-refractivity contribution in [3.63, 3.8) is 0 Å². The zero-order valence-electron chi connectivity index (χ0n) is 6.83. The first-order chi connectivity index (χ1) is 6.05. The summed E-state index contributed by atoms with van der Waals surface area (Å²) >= 11 is 0. The van der Waals surface area contributed by atoms with Gasteiger partial charge in [0.1, 0.15) is 5.78 Å². The molecule has 10 heteroatoms. The van der Waals surface area contributed by atoms with E-state index in [0.29, 0.717) is 12.2 Å². The normalized spacial score (nSPS) is 18.4. The average molecular weight is 247 g/mol. The summed E-state index contributed by atoms with van der Waals surface area (Å²) in [4.78, 5) is 33.7. The van der Waals surface area contributed by atoms with Gasteiger partial charge in [0.15, 0.2) is 5.85 Å². The third-order valence-electron chi connectivity index (χ3n) is 1.21. The summed E-state index contributed by atoms with van der Waals surface area (Å²) in [6, 6.07) is 0. The standard InChI is InChI=1S/C4H11NO7P2/c5-3(13(7,8)9)1-2-4(6)14(10,11)12/h1-4,6H,5H2,(H2,7,8,9)(H2,10,11,12). The zero-order valence-corrected chi connectivity index (χ0v) is 8.62. The van der Waals surface area contributed by atoms with Crippen molar-refractivity contribution >= 4 is 15.2 Å². The lowest BCUT2D eigenvalue weighted by Crippen LogP contribution is -2.17. The minimum absolute atomic E-state index is 0.546. The first kappa shape index (κ1) is 14.0. The molecule has 0 aliphatic carbocycles. The van der Waals surface area contributed by atoms with E-state index in [0.717, 1.165) is 0 Å². The summed E-state index contributed by atoms with van der Waals surface area (Å²) < 4.78 is 20.8. The van der Waals surface area contributed by atoms with E-state index < -0.39 is 26.8 Å². The lowest BCUT2D eigenvalue weighted by Gasteiger charge is -2.10. The number of aliphatic hydroxyl groups is 1. The minimum Gasteiger partial charge on any atom is -0.377 e. The fourth-order valence-corrected chi connectivity index (χ4v) is 1.08. The Morgan fingerprint density at radius 3 is 1.71 bits per heavy atom. The third-order valence-corrected chi connectivity index (χ3v) is 3.02. The summed E-state index contributed by atoms with van der Waals surface area (Å²) in [5, 5.41) is 8.74. The van der Waals surface area contributed by atoms with Crippen LogP contribution in [0.1, 0.15) is 0 Å². The highest BCUT2D eigenvalue weighted by Gasteiger charge is 2.26. The molecule has 0 heterocycles. The van der Waals surface area contributed by atoms with Crippen molar-refractivity contribution in [2.75, 3.05) is 0 Å². The maximum Gasteiger partial charge on any atom is 0.357 e. The molecule has 0 bridgehead atoms. The quantitative estimate of drug-likeness (QED) is 0.258. The molecule has 0 aromatic carbocycles. The van der Waals surface area contributed by atoms with Crippen molar-refractivity contribution in [1.29, 1.82) is 0 Å². The fraction of sp³-hybridized carbons (Fsp3) is 0.500. The molecular weight excluding hydrogens is 236 g/mol. The fourth-order valence-electron chi connectivity index (χ4n) is 0.437. The van der Waals surface area contributed by atoms with Gasteiger partial charge in [-0.15, -0.1) is 0 Å². The molecule has 0 aliphatic rings. The second-order valence-electron chi connectivity index (χ2n) is 2.47. The molecular formula is C4H11NO7P2. The topological polar surface area (TPSA) is 161 Å². The highest BCUT2D eigenvalue weighted by Crippen LogP contribution is 2.42. The molecule has 7 N–H and O–H groups in total. The third kappa shape index (κ3) is 4.99. The molecule has 84 valence electrons. The summed E-state index contributed by atoms with van der Waals surface area (Å²) in [6.07, 6.45) is 1.19. The summed E-state index contributed by atoms with van der Waals surface area (Å²) in [6.45, 7) is 0. The van der Waals surface area contributed by atoms with Gasteiger partial charge in [-0.3, -0.25) is 9.13 Å². The molecule has 0 fully saturated rings. The van der Waals surface area contributed by atoms with Crippen LogP contribution in [0.5, 0.6) is 0 Å². The molecule has 2 atom stereocenters. The molecule has 0 aromatic heterocycles. The van der Waals surface area contributed by atoms with E-state index in [1.807, 2.05) is 0 Å². The van der Waals surface area contributed by atoms with Crippen LogP contribution in [0.4, 0.5) is 0 Å². The highest BCUT2D eigenvalue weighted by molar-refractivity contribution is 7.53. The zero-order chi connectivity index (χ0) is 11.6. The molecule has 0 aromatic rings. The van der Waals surface area contributed by atoms with Gasteiger partial charge in [0.25, 0.3) is 0 Å². The van der Waals surface area contributed by atoms with E-state index in [1.165, 1.54) is 0 Å². The van der Waals surface area contributed by atoms with E-state index in [9.17, 15) is 9.13 Å². The SMILES string of the molecule is NC(C=CC(O)P(=O)(O)O)P(=O)(O)O. The summed E-state index contributed by atoms with van der Waals surface area (Å²) in [5.41, 5.74) is 4.93. The molecule has 0 rings (SSSR count). The van der Waals surface area contributed by atoms with Gasteiger partial charge in [-0.2, -0.15) is 0 Å². The Balaban J connectivity index is 4.48. The minimum atomic E-state index is -4.71. The molecule has 0 saturated heterocycles. The average Bonchev–Trinajstić information content (AvgIpc) is 1.95. The number of rotatable bonds is 4. The molecule has 2 unspecified atom stereocenters. The van der Waals surface area contributed by atoms with Crippen LogP contribution in [-0.2, 0) is 9.13 Å². The van der Waals surface area contributed by atoms with Crippen LogP contribution in [0.3, 0.4) is 0 Å². The van der Waals surface area contributed by atoms with Gasteiger partial charge in [0.2, 0.25) is 0 Å². The molecule has 14 heavy (non-hydrogen) atoms. The monoisotopic (exact) mass is 247 g/mol. The first-order valence-electron chi connectivity index (χ1n) is 3.27. The van der Waals surface area contributed by atoms with E-state index in [2.05, 4.69) is 0 Å². The Morgan fingerprint density at radius 2 is 1.43 bits per heavy atom. The van der Waals surface area contributed by atoms with E-state index in [4.69, 9.17) is 30.4 Å². The maximum absolute atomic E-state index is 10.4. The Labute approximate surface area is 79.4 Å². The van der Waals surface area contributed by atoms with Crippen LogP contribution >= 0.6 is 15.2 Å². The van der Waals surface area contributed by atoms with Gasteiger partial charge in [0.05, 0.1) is 0 Å². The van der Waals surface area contributed by atoms with Crippen LogP contribution in [-0.4, -0.2) is 36.3 Å². The van der Waals surface area contributed by atoms with E-state index >= 15 is 0 Å². The van der Waals surface area contributed by atoms with Crippen molar-refractivity contribution < 1.29 is 33.8 Å². The predicted molar refractivity (Wildman–Crippen MR) is 47.2 cm³/mol. The van der Waals surface area contributed by atoms with Gasteiger partial charge in [-0.05, 0) is 6.08 Å². The number of nitrogens with two attached hydrogens (primary N) is 1. The Kier molecular flexibility index (Phi) is 4.64. The molecule has 0 spiro atoms. The van der Waals surface area contributed by atoms with Crippen molar-refractivity contribution in [3.8, 4) is 0 Å². The van der Waals surface area contributed by atoms with Crippen LogP contribution in [0.2, 0.25) is 0 Å².